The molecule has 2 aliphatic rings. The normalized spacial score (nSPS) is 20.2. The van der Waals surface area contributed by atoms with Crippen LogP contribution in [0, 0.1) is 5.92 Å². The molecule has 1 atom stereocenters. The van der Waals surface area contributed by atoms with E-state index in [9.17, 15) is 4.79 Å². The van der Waals surface area contributed by atoms with Gasteiger partial charge in [0.05, 0.1) is 5.02 Å². The first kappa shape index (κ1) is 21.4. The predicted molar refractivity (Wildman–Crippen MR) is 121 cm³/mol. The Morgan fingerprint density at radius 2 is 1.83 bits per heavy atom. The molecule has 1 amide bonds. The van der Waals surface area contributed by atoms with Crippen LogP contribution in [0.3, 0.4) is 0 Å². The van der Waals surface area contributed by atoms with Gasteiger partial charge >= 0.3 is 0 Å². The monoisotopic (exact) mass is 428 g/mol. The molecule has 5 nitrogen and oxygen atoms in total. The first-order valence-electron chi connectivity index (χ1n) is 11.4. The van der Waals surface area contributed by atoms with Crippen LogP contribution in [0.15, 0.2) is 36.5 Å². The summed E-state index contributed by atoms with van der Waals surface area (Å²) in [6, 6.07) is 11.3. The second-order valence-corrected chi connectivity index (χ2v) is 9.37. The molecule has 1 saturated heterocycles. The van der Waals surface area contributed by atoms with Crippen molar-refractivity contribution in [2.45, 2.75) is 56.9 Å². The van der Waals surface area contributed by atoms with E-state index < -0.39 is 0 Å². The Morgan fingerprint density at radius 3 is 2.47 bits per heavy atom. The highest BCUT2D eigenvalue weighted by Crippen LogP contribution is 2.37. The van der Waals surface area contributed by atoms with Crippen LogP contribution in [0.25, 0.3) is 0 Å². The van der Waals surface area contributed by atoms with Crippen LogP contribution in [0.4, 0.5) is 0 Å². The third-order valence-corrected chi connectivity index (χ3v) is 7.10. The fraction of sp³-hybridized carbons (Fsp3) is 0.583. The molecular formula is C24H33ClN4O. The molecule has 2 fully saturated rings. The van der Waals surface area contributed by atoms with Crippen molar-refractivity contribution >= 4 is 17.5 Å². The van der Waals surface area contributed by atoms with Crippen molar-refractivity contribution < 1.29 is 4.79 Å². The van der Waals surface area contributed by atoms with E-state index in [1.165, 1.54) is 37.7 Å². The van der Waals surface area contributed by atoms with Crippen molar-refractivity contribution in [1.82, 2.24) is 20.0 Å². The Bertz CT molecular complexity index is 823. The van der Waals surface area contributed by atoms with Crippen LogP contribution in [0.2, 0.25) is 5.02 Å². The van der Waals surface area contributed by atoms with Crippen molar-refractivity contribution in [2.24, 2.45) is 13.0 Å². The largest absolute Gasteiger partial charge is 0.348 e. The maximum atomic E-state index is 12.5. The Kier molecular flexibility index (Phi) is 7.11. The van der Waals surface area contributed by atoms with E-state index in [1.807, 2.05) is 0 Å². The van der Waals surface area contributed by atoms with E-state index in [1.54, 1.807) is 17.9 Å². The summed E-state index contributed by atoms with van der Waals surface area (Å²) in [6.45, 7) is 3.18. The third kappa shape index (κ3) is 5.25. The SMILES string of the molecule is Cn1cc(Cl)c(C(=O)NC2CCN(CC(c3ccccc3)C3CCCCC3)CC2)n1. The van der Waals surface area contributed by atoms with Gasteiger partial charge in [0.15, 0.2) is 5.69 Å². The number of hydrogen-bond donors (Lipinski definition) is 1. The minimum Gasteiger partial charge on any atom is -0.348 e. The topological polar surface area (TPSA) is 50.2 Å². The molecule has 6 heteroatoms. The molecule has 0 radical (unpaired) electrons. The highest BCUT2D eigenvalue weighted by atomic mass is 35.5. The quantitative estimate of drug-likeness (QED) is 0.729. The van der Waals surface area contributed by atoms with E-state index in [-0.39, 0.29) is 11.9 Å². The summed E-state index contributed by atoms with van der Waals surface area (Å²) in [5.74, 6) is 1.25. The number of aryl methyl sites for hydroxylation is 1. The lowest BCUT2D eigenvalue weighted by atomic mass is 9.76. The van der Waals surface area contributed by atoms with Crippen LogP contribution >= 0.6 is 11.6 Å². The first-order chi connectivity index (χ1) is 14.6. The first-order valence-corrected chi connectivity index (χ1v) is 11.8. The molecule has 1 N–H and O–H groups in total. The van der Waals surface area contributed by atoms with Crippen LogP contribution < -0.4 is 5.32 Å². The summed E-state index contributed by atoms with van der Waals surface area (Å²) >= 11 is 6.12. The van der Waals surface area contributed by atoms with Crippen LogP contribution in [-0.2, 0) is 7.05 Å². The number of piperidine rings is 1. The lowest BCUT2D eigenvalue weighted by Crippen LogP contribution is -2.46. The van der Waals surface area contributed by atoms with Crippen LogP contribution in [-0.4, -0.2) is 46.3 Å². The zero-order valence-corrected chi connectivity index (χ0v) is 18.7. The third-order valence-electron chi connectivity index (χ3n) is 6.82. The maximum Gasteiger partial charge on any atom is 0.273 e. The molecule has 30 heavy (non-hydrogen) atoms. The van der Waals surface area contributed by atoms with E-state index in [0.29, 0.717) is 16.6 Å². The molecule has 2 heterocycles. The van der Waals surface area contributed by atoms with Crippen LogP contribution in [0.5, 0.6) is 0 Å². The molecule has 1 aliphatic heterocycles. The van der Waals surface area contributed by atoms with Gasteiger partial charge < -0.3 is 10.2 Å². The minimum absolute atomic E-state index is 0.164. The van der Waals surface area contributed by atoms with Crippen molar-refractivity contribution in [3.63, 3.8) is 0 Å². The molecule has 4 rings (SSSR count). The fourth-order valence-corrected chi connectivity index (χ4v) is 5.43. The van der Waals surface area contributed by atoms with E-state index in [2.05, 4.69) is 45.6 Å². The van der Waals surface area contributed by atoms with Gasteiger partial charge in [-0.15, -0.1) is 0 Å². The number of hydrogen-bond acceptors (Lipinski definition) is 3. The average molecular weight is 429 g/mol. The molecule has 1 unspecified atom stereocenters. The van der Waals surface area contributed by atoms with Crippen molar-refractivity contribution in [3.8, 4) is 0 Å². The average Bonchev–Trinajstić information content (AvgIpc) is 3.12. The number of nitrogens with one attached hydrogen (secondary N) is 1. The predicted octanol–water partition coefficient (Wildman–Crippen LogP) is 4.63. The number of halogens is 1. The summed E-state index contributed by atoms with van der Waals surface area (Å²) in [4.78, 5) is 15.1. The van der Waals surface area contributed by atoms with Gasteiger partial charge in [0.25, 0.3) is 5.91 Å². The van der Waals surface area contributed by atoms with E-state index >= 15 is 0 Å². The summed E-state index contributed by atoms with van der Waals surface area (Å²) in [6.07, 6.45) is 10.5. The fourth-order valence-electron chi connectivity index (χ4n) is 5.17. The summed E-state index contributed by atoms with van der Waals surface area (Å²) in [5.41, 5.74) is 1.81. The Balaban J connectivity index is 1.33. The number of carbonyl (C=O) groups is 1. The Hall–Kier alpha value is -1.85. The number of likely N-dealkylation sites (tertiary alicyclic amines) is 1. The van der Waals surface area contributed by atoms with E-state index in [4.69, 9.17) is 11.6 Å². The van der Waals surface area contributed by atoms with Gasteiger partial charge in [-0.05, 0) is 43.1 Å². The van der Waals surface area contributed by atoms with Gasteiger partial charge in [-0.2, -0.15) is 5.10 Å². The molecule has 1 aliphatic carbocycles. The van der Waals surface area contributed by atoms with Gasteiger partial charge in [-0.3, -0.25) is 9.48 Å². The number of aromatic nitrogens is 2. The molecule has 162 valence electrons. The maximum absolute atomic E-state index is 12.5. The van der Waals surface area contributed by atoms with Crippen molar-refractivity contribution in [1.29, 1.82) is 0 Å². The van der Waals surface area contributed by atoms with E-state index in [0.717, 1.165) is 38.4 Å². The van der Waals surface area contributed by atoms with Crippen LogP contribution in [0.1, 0.15) is 66.9 Å². The van der Waals surface area contributed by atoms with Crippen molar-refractivity contribution in [2.75, 3.05) is 19.6 Å². The molecular weight excluding hydrogens is 396 g/mol. The molecule has 1 saturated carbocycles. The highest BCUT2D eigenvalue weighted by molar-refractivity contribution is 6.33. The molecule has 1 aromatic heterocycles. The number of benzene rings is 1. The van der Waals surface area contributed by atoms with Gasteiger partial charge in [0, 0.05) is 38.9 Å². The molecule has 0 spiro atoms. The standard InChI is InChI=1S/C24H33ClN4O/c1-28-17-22(25)23(27-28)24(30)26-20-12-14-29(15-13-20)16-21(18-8-4-2-5-9-18)19-10-6-3-7-11-19/h2,4-5,8-9,17,19-21H,3,6-7,10-16H2,1H3,(H,26,30). The minimum atomic E-state index is -0.164. The summed E-state index contributed by atoms with van der Waals surface area (Å²) in [5, 5.41) is 7.72. The molecule has 0 bridgehead atoms. The number of carbonyl (C=O) groups excluding carboxylic acids is 1. The number of amides is 1. The zero-order chi connectivity index (χ0) is 20.9. The second kappa shape index (κ2) is 9.97. The zero-order valence-electron chi connectivity index (χ0n) is 17.9. The lowest BCUT2D eigenvalue weighted by Gasteiger charge is -2.38. The Labute approximate surface area is 184 Å². The van der Waals surface area contributed by atoms with Crippen molar-refractivity contribution in [3.05, 3.63) is 52.8 Å². The lowest BCUT2D eigenvalue weighted by molar-refractivity contribution is 0.0899. The summed E-state index contributed by atoms with van der Waals surface area (Å²) < 4.78 is 1.58. The second-order valence-electron chi connectivity index (χ2n) is 8.96. The molecule has 2 aromatic rings. The summed E-state index contributed by atoms with van der Waals surface area (Å²) in [7, 11) is 1.77. The number of rotatable bonds is 6. The van der Waals surface area contributed by atoms with Gasteiger partial charge in [-0.1, -0.05) is 61.2 Å². The smallest absolute Gasteiger partial charge is 0.273 e. The van der Waals surface area contributed by atoms with Gasteiger partial charge in [-0.25, -0.2) is 0 Å². The highest BCUT2D eigenvalue weighted by Gasteiger charge is 2.29. The van der Waals surface area contributed by atoms with Gasteiger partial charge in [0.2, 0.25) is 0 Å². The Morgan fingerprint density at radius 1 is 1.13 bits per heavy atom. The molecule has 1 aromatic carbocycles. The number of nitrogens with zero attached hydrogens (tertiary/aromatic N) is 3. The van der Waals surface area contributed by atoms with Gasteiger partial charge in [0.1, 0.15) is 0 Å².